The Morgan fingerprint density at radius 3 is 2.91 bits per heavy atom. The Bertz CT molecular complexity index is 632. The molecule has 1 N–H and O–H groups in total. The van der Waals surface area contributed by atoms with Crippen molar-refractivity contribution in [3.63, 3.8) is 0 Å². The number of aromatic nitrogens is 4. The van der Waals surface area contributed by atoms with Gasteiger partial charge in [-0.15, -0.1) is 0 Å². The fourth-order valence-corrected chi connectivity index (χ4v) is 3.36. The molecule has 1 atom stereocenters. The van der Waals surface area contributed by atoms with Crippen LogP contribution < -0.4 is 5.32 Å². The van der Waals surface area contributed by atoms with Crippen LogP contribution in [-0.4, -0.2) is 19.3 Å². The van der Waals surface area contributed by atoms with Gasteiger partial charge in [0.25, 0.3) is 0 Å². The molecule has 0 aromatic carbocycles. The average Bonchev–Trinajstić information content (AvgIpc) is 3.10. The van der Waals surface area contributed by atoms with Crippen molar-refractivity contribution in [2.45, 2.75) is 71.6 Å². The molecule has 3 rings (SSSR count). The van der Waals surface area contributed by atoms with E-state index < -0.39 is 0 Å². The molecular weight excluding hydrogens is 274 g/mol. The molecule has 0 amide bonds. The zero-order valence-corrected chi connectivity index (χ0v) is 14.1. The van der Waals surface area contributed by atoms with E-state index in [0.29, 0.717) is 6.04 Å². The van der Waals surface area contributed by atoms with Gasteiger partial charge in [-0.05, 0) is 47.0 Å². The lowest BCUT2D eigenvalue weighted by atomic mass is 9.92. The Morgan fingerprint density at radius 1 is 1.36 bits per heavy atom. The van der Waals surface area contributed by atoms with Crippen molar-refractivity contribution in [3.05, 3.63) is 35.7 Å². The van der Waals surface area contributed by atoms with Crippen LogP contribution in [0.4, 0.5) is 0 Å². The molecule has 0 radical (unpaired) electrons. The highest BCUT2D eigenvalue weighted by Gasteiger charge is 2.27. The molecule has 0 fully saturated rings. The van der Waals surface area contributed by atoms with Crippen LogP contribution in [0.1, 0.15) is 63.7 Å². The van der Waals surface area contributed by atoms with Gasteiger partial charge in [-0.3, -0.25) is 4.68 Å². The molecule has 120 valence electrons. The third-order valence-electron chi connectivity index (χ3n) is 4.47. The van der Waals surface area contributed by atoms with Gasteiger partial charge in [-0.1, -0.05) is 0 Å². The molecule has 0 unspecified atom stereocenters. The Kier molecular flexibility index (Phi) is 4.08. The monoisotopic (exact) mass is 301 g/mol. The lowest BCUT2D eigenvalue weighted by molar-refractivity contribution is 0.334. The molecule has 0 bridgehead atoms. The quantitative estimate of drug-likeness (QED) is 0.944. The first-order chi connectivity index (χ1) is 10.5. The summed E-state index contributed by atoms with van der Waals surface area (Å²) in [4.78, 5) is 4.45. The fourth-order valence-electron chi connectivity index (χ4n) is 3.36. The molecule has 0 saturated heterocycles. The second kappa shape index (κ2) is 5.88. The Labute approximate surface area is 132 Å². The first kappa shape index (κ1) is 15.3. The number of hydrogen-bond acceptors (Lipinski definition) is 3. The van der Waals surface area contributed by atoms with E-state index in [9.17, 15) is 0 Å². The zero-order valence-electron chi connectivity index (χ0n) is 14.1. The smallest absolute Gasteiger partial charge is 0.122 e. The minimum atomic E-state index is 0.0495. The van der Waals surface area contributed by atoms with E-state index in [-0.39, 0.29) is 5.54 Å². The maximum absolute atomic E-state index is 4.65. The summed E-state index contributed by atoms with van der Waals surface area (Å²) in [5.74, 6) is 1.11. The summed E-state index contributed by atoms with van der Waals surface area (Å²) < 4.78 is 4.39. The zero-order chi connectivity index (χ0) is 15.7. The average molecular weight is 301 g/mol. The minimum absolute atomic E-state index is 0.0495. The van der Waals surface area contributed by atoms with Gasteiger partial charge in [0.05, 0.1) is 18.3 Å². The number of rotatable bonds is 4. The largest absolute Gasteiger partial charge is 0.334 e. The first-order valence-electron chi connectivity index (χ1n) is 8.31. The predicted molar refractivity (Wildman–Crippen MR) is 87.6 cm³/mol. The van der Waals surface area contributed by atoms with Crippen LogP contribution in [0.5, 0.6) is 0 Å². The van der Waals surface area contributed by atoms with E-state index >= 15 is 0 Å². The molecule has 22 heavy (non-hydrogen) atoms. The molecule has 2 aromatic heterocycles. The summed E-state index contributed by atoms with van der Waals surface area (Å²) in [5, 5.41) is 8.34. The van der Waals surface area contributed by atoms with E-state index in [2.05, 4.69) is 58.5 Å². The molecule has 5 nitrogen and oxygen atoms in total. The first-order valence-corrected chi connectivity index (χ1v) is 8.31. The maximum atomic E-state index is 4.65. The van der Waals surface area contributed by atoms with Gasteiger partial charge in [0.2, 0.25) is 0 Å². The molecule has 0 saturated carbocycles. The molecule has 1 aliphatic carbocycles. The summed E-state index contributed by atoms with van der Waals surface area (Å²) in [5.41, 5.74) is 2.82. The molecule has 5 heteroatoms. The van der Waals surface area contributed by atoms with Crippen LogP contribution >= 0.6 is 0 Å². The van der Waals surface area contributed by atoms with Crippen molar-refractivity contribution in [2.24, 2.45) is 0 Å². The number of hydrogen-bond donors (Lipinski definition) is 1. The van der Waals surface area contributed by atoms with Gasteiger partial charge in [0.15, 0.2) is 0 Å². The van der Waals surface area contributed by atoms with E-state index in [1.54, 1.807) is 0 Å². The highest BCUT2D eigenvalue weighted by Crippen LogP contribution is 2.32. The van der Waals surface area contributed by atoms with Crippen LogP contribution in [0, 0.1) is 0 Å². The highest BCUT2D eigenvalue weighted by atomic mass is 15.3. The number of fused-ring (bicyclic) bond motifs is 1. The summed E-state index contributed by atoms with van der Waals surface area (Å²) in [6.07, 6.45) is 9.51. The van der Waals surface area contributed by atoms with Crippen molar-refractivity contribution in [3.8, 4) is 0 Å². The topological polar surface area (TPSA) is 47.7 Å². The van der Waals surface area contributed by atoms with Crippen LogP contribution in [0.3, 0.4) is 0 Å². The number of nitrogens with one attached hydrogen (secondary N) is 1. The van der Waals surface area contributed by atoms with Crippen LogP contribution in [0.15, 0.2) is 18.6 Å². The van der Waals surface area contributed by atoms with E-state index in [0.717, 1.165) is 25.3 Å². The normalized spacial score (nSPS) is 18.5. The van der Waals surface area contributed by atoms with Gasteiger partial charge in [-0.2, -0.15) is 5.10 Å². The third-order valence-corrected chi connectivity index (χ3v) is 4.47. The lowest BCUT2D eigenvalue weighted by Gasteiger charge is -2.28. The van der Waals surface area contributed by atoms with Crippen molar-refractivity contribution < 1.29 is 0 Å². The number of aryl methyl sites for hydroxylation is 1. The van der Waals surface area contributed by atoms with E-state index in [1.165, 1.54) is 24.1 Å². The van der Waals surface area contributed by atoms with E-state index in [4.69, 9.17) is 0 Å². The van der Waals surface area contributed by atoms with Gasteiger partial charge >= 0.3 is 0 Å². The molecule has 0 aliphatic heterocycles. The Morgan fingerprint density at radius 2 is 2.18 bits per heavy atom. The van der Waals surface area contributed by atoms with E-state index in [1.807, 2.05) is 12.4 Å². The standard InChI is InChI=1S/C17H27N5/c1-5-21-10-9-18-16(21)12-19-14-7-6-8-15-13(14)11-20-22(15)17(2,3)4/h9-11,14,19H,5-8,12H2,1-4H3/t14-/m0/s1. The van der Waals surface area contributed by atoms with Crippen molar-refractivity contribution >= 4 is 0 Å². The molecular formula is C17H27N5. The number of nitrogens with zero attached hydrogens (tertiary/aromatic N) is 4. The second-order valence-corrected chi connectivity index (χ2v) is 7.08. The van der Waals surface area contributed by atoms with Crippen molar-refractivity contribution in [2.75, 3.05) is 0 Å². The SMILES string of the molecule is CCn1ccnc1CN[C@H]1CCCc2c1cnn2C(C)(C)C. The molecule has 0 spiro atoms. The number of imidazole rings is 1. The van der Waals surface area contributed by atoms with Crippen LogP contribution in [0.2, 0.25) is 0 Å². The Hall–Kier alpha value is -1.62. The summed E-state index contributed by atoms with van der Waals surface area (Å²) in [6.45, 7) is 10.6. The van der Waals surface area contributed by atoms with Crippen LogP contribution in [-0.2, 0) is 25.0 Å². The Balaban J connectivity index is 1.77. The van der Waals surface area contributed by atoms with Gasteiger partial charge in [0, 0.05) is 36.2 Å². The maximum Gasteiger partial charge on any atom is 0.122 e. The van der Waals surface area contributed by atoms with Crippen molar-refractivity contribution in [1.29, 1.82) is 0 Å². The summed E-state index contributed by atoms with van der Waals surface area (Å²) >= 11 is 0. The van der Waals surface area contributed by atoms with Gasteiger partial charge < -0.3 is 9.88 Å². The van der Waals surface area contributed by atoms with Gasteiger partial charge in [-0.25, -0.2) is 4.98 Å². The van der Waals surface area contributed by atoms with Gasteiger partial charge in [0.1, 0.15) is 5.82 Å². The second-order valence-electron chi connectivity index (χ2n) is 7.08. The highest BCUT2D eigenvalue weighted by molar-refractivity contribution is 5.26. The minimum Gasteiger partial charge on any atom is -0.334 e. The van der Waals surface area contributed by atoms with Crippen molar-refractivity contribution in [1.82, 2.24) is 24.6 Å². The molecule has 1 aliphatic rings. The third kappa shape index (κ3) is 2.82. The predicted octanol–water partition coefficient (Wildman–Crippen LogP) is 3.02. The molecule has 2 aromatic rings. The summed E-state index contributed by atoms with van der Waals surface area (Å²) in [6, 6.07) is 0.391. The molecule has 2 heterocycles. The summed E-state index contributed by atoms with van der Waals surface area (Å²) in [7, 11) is 0. The fraction of sp³-hybridized carbons (Fsp3) is 0.647. The lowest BCUT2D eigenvalue weighted by Crippen LogP contribution is -2.29. The van der Waals surface area contributed by atoms with Crippen LogP contribution in [0.25, 0.3) is 0 Å².